The van der Waals surface area contributed by atoms with E-state index in [-0.39, 0.29) is 17.2 Å². The van der Waals surface area contributed by atoms with Crippen LogP contribution in [0.4, 0.5) is 5.69 Å². The van der Waals surface area contributed by atoms with Crippen LogP contribution in [0.15, 0.2) is 58.5 Å². The van der Waals surface area contributed by atoms with E-state index in [2.05, 4.69) is 21.9 Å². The predicted molar refractivity (Wildman–Crippen MR) is 140 cm³/mol. The van der Waals surface area contributed by atoms with Crippen molar-refractivity contribution in [2.75, 3.05) is 11.1 Å². The molecule has 3 heterocycles. The lowest BCUT2D eigenvalue weighted by atomic mass is 10.1. The Labute approximate surface area is 208 Å². The molecule has 0 atom stereocenters. The Morgan fingerprint density at radius 2 is 1.91 bits per heavy atom. The van der Waals surface area contributed by atoms with Crippen LogP contribution in [-0.2, 0) is 24.2 Å². The number of aromatic nitrogens is 4. The molecule has 0 unspecified atom stereocenters. The molecule has 35 heavy (non-hydrogen) atoms. The van der Waals surface area contributed by atoms with Gasteiger partial charge in [-0.05, 0) is 55.9 Å². The Morgan fingerprint density at radius 1 is 1.09 bits per heavy atom. The van der Waals surface area contributed by atoms with Crippen LogP contribution in [-0.4, -0.2) is 31.0 Å². The van der Waals surface area contributed by atoms with Gasteiger partial charge in [-0.3, -0.25) is 9.59 Å². The number of anilines is 1. The summed E-state index contributed by atoms with van der Waals surface area (Å²) in [6.07, 6.45) is 4.80. The van der Waals surface area contributed by atoms with E-state index in [1.165, 1.54) is 16.4 Å². The van der Waals surface area contributed by atoms with Crippen molar-refractivity contribution in [3.8, 4) is 17.1 Å². The number of amides is 1. The van der Waals surface area contributed by atoms with Crippen molar-refractivity contribution < 1.29 is 4.79 Å². The number of benzene rings is 2. The molecule has 0 radical (unpaired) electrons. The molecule has 1 amide bonds. The molecule has 0 bridgehead atoms. The van der Waals surface area contributed by atoms with E-state index in [1.807, 2.05) is 55.5 Å². The largest absolute Gasteiger partial charge is 0.325 e. The molecular weight excluding hydrogens is 458 g/mol. The molecule has 0 spiro atoms. The average Bonchev–Trinajstić information content (AvgIpc) is 3.03. The number of hydrogen-bond donors (Lipinski definition) is 1. The zero-order chi connectivity index (χ0) is 24.4. The Balaban J connectivity index is 1.48. The molecule has 5 rings (SSSR count). The van der Waals surface area contributed by atoms with Crippen molar-refractivity contribution in [2.24, 2.45) is 0 Å². The first-order chi connectivity index (χ1) is 17.1. The maximum Gasteiger partial charge on any atom is 0.284 e. The highest BCUT2D eigenvalue weighted by Crippen LogP contribution is 2.30. The number of hydrogen-bond acceptors (Lipinski definition) is 5. The first kappa shape index (κ1) is 23.4. The van der Waals surface area contributed by atoms with Crippen LogP contribution in [0.2, 0.25) is 0 Å². The molecule has 7 nitrogen and oxygen atoms in total. The highest BCUT2D eigenvalue weighted by molar-refractivity contribution is 7.99. The van der Waals surface area contributed by atoms with E-state index in [9.17, 15) is 9.59 Å². The monoisotopic (exact) mass is 487 g/mol. The lowest BCUT2D eigenvalue weighted by molar-refractivity contribution is -0.113. The molecule has 8 heteroatoms. The first-order valence-corrected chi connectivity index (χ1v) is 13.1. The number of nitrogens with zero attached hydrogens (tertiary/aromatic N) is 4. The fraction of sp³-hybridized carbons (Fsp3) is 0.333. The number of nitrogens with one attached hydrogen (secondary N) is 1. The minimum atomic E-state index is -0.134. The van der Waals surface area contributed by atoms with Gasteiger partial charge in [0, 0.05) is 17.9 Å². The van der Waals surface area contributed by atoms with Crippen LogP contribution in [0.3, 0.4) is 0 Å². The van der Waals surface area contributed by atoms with Gasteiger partial charge in [0.1, 0.15) is 5.56 Å². The highest BCUT2D eigenvalue weighted by Gasteiger charge is 2.27. The summed E-state index contributed by atoms with van der Waals surface area (Å²) >= 11 is 1.41. The first-order valence-electron chi connectivity index (χ1n) is 12.2. The smallest absolute Gasteiger partial charge is 0.284 e. The number of para-hydroxylation sites is 2. The second kappa shape index (κ2) is 10.1. The van der Waals surface area contributed by atoms with Gasteiger partial charge in [0.25, 0.3) is 5.56 Å². The van der Waals surface area contributed by atoms with Crippen molar-refractivity contribution in [3.63, 3.8) is 0 Å². The zero-order valence-corrected chi connectivity index (χ0v) is 20.9. The molecule has 1 N–H and O–H groups in total. The Hall–Kier alpha value is -3.39. The maximum absolute atomic E-state index is 13.4. The molecule has 0 aromatic heterocycles. The van der Waals surface area contributed by atoms with Gasteiger partial charge in [-0.15, -0.1) is 5.10 Å². The molecule has 3 aliphatic heterocycles. The second-order valence-corrected chi connectivity index (χ2v) is 9.80. The van der Waals surface area contributed by atoms with Crippen molar-refractivity contribution in [1.82, 2.24) is 19.3 Å². The van der Waals surface area contributed by atoms with Crippen molar-refractivity contribution in [2.45, 2.75) is 57.7 Å². The summed E-state index contributed by atoms with van der Waals surface area (Å²) in [5.41, 5.74) is 5.24. The summed E-state index contributed by atoms with van der Waals surface area (Å²) in [6.45, 7) is 4.88. The number of rotatable bonds is 6. The maximum atomic E-state index is 13.4. The highest BCUT2D eigenvalue weighted by atomic mass is 32.2. The van der Waals surface area contributed by atoms with Crippen molar-refractivity contribution in [1.29, 1.82) is 0 Å². The molecule has 3 aliphatic rings. The Bertz CT molecular complexity index is 1390. The van der Waals surface area contributed by atoms with Gasteiger partial charge in [-0.2, -0.15) is 4.68 Å². The molecule has 0 fully saturated rings. The van der Waals surface area contributed by atoms with E-state index < -0.39 is 0 Å². The standard InChI is InChI=1S/C27H29N5O2S/c1-3-19-12-10-11-18(2)24(19)28-22(33)17-35-27-29-25-23(21-15-8-5-9-16-31(21)27)26(34)32(30-25)20-13-6-4-7-14-20/h4,6-7,10-14H,3,5,8-9,15-17H2,1-2H3,(H,28,33). The molecule has 0 aliphatic carbocycles. The summed E-state index contributed by atoms with van der Waals surface area (Å²) in [7, 11) is 0. The predicted octanol–water partition coefficient (Wildman–Crippen LogP) is 4.86. The van der Waals surface area contributed by atoms with Gasteiger partial charge >= 0.3 is 0 Å². The van der Waals surface area contributed by atoms with Gasteiger partial charge in [-0.25, -0.2) is 4.98 Å². The summed E-state index contributed by atoms with van der Waals surface area (Å²) in [5, 5.41) is 8.41. The summed E-state index contributed by atoms with van der Waals surface area (Å²) < 4.78 is 3.58. The normalized spacial score (nSPS) is 13.4. The van der Waals surface area contributed by atoms with Crippen LogP contribution in [0, 0.1) is 6.92 Å². The summed E-state index contributed by atoms with van der Waals surface area (Å²) in [5.74, 6) is 0.615. The van der Waals surface area contributed by atoms with Crippen LogP contribution in [0.5, 0.6) is 0 Å². The Morgan fingerprint density at radius 3 is 2.71 bits per heavy atom. The third-order valence-corrected chi connectivity index (χ3v) is 7.48. The van der Waals surface area contributed by atoms with Crippen LogP contribution >= 0.6 is 11.8 Å². The number of carbonyl (C=O) groups excluding carboxylic acids is 1. The number of carbonyl (C=O) groups is 1. The van der Waals surface area contributed by atoms with Crippen molar-refractivity contribution >= 4 is 23.4 Å². The molecule has 0 saturated carbocycles. The topological polar surface area (TPSA) is 81.8 Å². The molecule has 2 aromatic carbocycles. The van der Waals surface area contributed by atoms with Crippen LogP contribution in [0.1, 0.15) is 43.0 Å². The van der Waals surface area contributed by atoms with Gasteiger partial charge in [0.2, 0.25) is 5.91 Å². The van der Waals surface area contributed by atoms with Gasteiger partial charge in [-0.1, -0.05) is 61.5 Å². The minimum absolute atomic E-state index is 0.0665. The lowest BCUT2D eigenvalue weighted by Crippen LogP contribution is -2.20. The third-order valence-electron chi connectivity index (χ3n) is 6.50. The van der Waals surface area contributed by atoms with Gasteiger partial charge in [0.05, 0.1) is 11.4 Å². The molecule has 180 valence electrons. The average molecular weight is 488 g/mol. The van der Waals surface area contributed by atoms with Gasteiger partial charge in [0.15, 0.2) is 11.0 Å². The SMILES string of the molecule is CCc1cccc(C)c1NC(=O)CSc1nc2nn(-c3ccccc3)c(=O)c-2c2n1CCCCC2. The van der Waals surface area contributed by atoms with E-state index >= 15 is 0 Å². The fourth-order valence-electron chi connectivity index (χ4n) is 4.72. The van der Waals surface area contributed by atoms with Crippen molar-refractivity contribution in [3.05, 3.63) is 75.7 Å². The minimum Gasteiger partial charge on any atom is -0.325 e. The summed E-state index contributed by atoms with van der Waals surface area (Å²) in [6, 6.07) is 15.5. The number of fused-ring (bicyclic) bond motifs is 3. The zero-order valence-electron chi connectivity index (χ0n) is 20.1. The van der Waals surface area contributed by atoms with E-state index in [0.29, 0.717) is 11.4 Å². The van der Waals surface area contributed by atoms with E-state index in [0.717, 1.165) is 72.0 Å². The number of aryl methyl sites for hydroxylation is 2. The van der Waals surface area contributed by atoms with Crippen LogP contribution in [0.25, 0.3) is 17.1 Å². The second-order valence-electron chi connectivity index (χ2n) is 8.85. The Kier molecular flexibility index (Phi) is 6.72. The van der Waals surface area contributed by atoms with Crippen LogP contribution < -0.4 is 10.9 Å². The van der Waals surface area contributed by atoms with E-state index in [1.54, 1.807) is 0 Å². The van der Waals surface area contributed by atoms with E-state index in [4.69, 9.17) is 4.98 Å². The molecular formula is C27H29N5O2S. The fourth-order valence-corrected chi connectivity index (χ4v) is 5.56. The quantitative estimate of drug-likeness (QED) is 0.310. The molecule has 2 aromatic rings. The number of thioether (sulfide) groups is 1. The summed E-state index contributed by atoms with van der Waals surface area (Å²) in [4.78, 5) is 31.1. The third kappa shape index (κ3) is 4.62. The molecule has 0 saturated heterocycles. The lowest BCUT2D eigenvalue weighted by Gasteiger charge is -2.18. The van der Waals surface area contributed by atoms with Gasteiger partial charge < -0.3 is 9.88 Å².